The molecule has 4 heterocycles. The van der Waals surface area contributed by atoms with Gasteiger partial charge in [0.2, 0.25) is 0 Å². The zero-order valence-corrected chi connectivity index (χ0v) is 14.0. The fourth-order valence-electron chi connectivity index (χ4n) is 3.30. The third kappa shape index (κ3) is 4.00. The van der Waals surface area contributed by atoms with Gasteiger partial charge in [-0.25, -0.2) is 15.0 Å². The van der Waals surface area contributed by atoms with Gasteiger partial charge in [0.1, 0.15) is 11.6 Å². The van der Waals surface area contributed by atoms with Crippen LogP contribution < -0.4 is 5.32 Å². The third-order valence-electron chi connectivity index (χ3n) is 4.61. The minimum atomic E-state index is 0.573. The van der Waals surface area contributed by atoms with Crippen LogP contribution in [0, 0.1) is 0 Å². The van der Waals surface area contributed by atoms with E-state index in [0.717, 1.165) is 38.3 Å². The molecule has 1 saturated heterocycles. The monoisotopic (exact) mass is 335 g/mol. The predicted molar refractivity (Wildman–Crippen MR) is 95.4 cm³/mol. The highest BCUT2D eigenvalue weighted by molar-refractivity contribution is 5.51. The Morgan fingerprint density at radius 3 is 2.68 bits per heavy atom. The highest BCUT2D eigenvalue weighted by Gasteiger charge is 2.21. The van der Waals surface area contributed by atoms with E-state index in [1.807, 2.05) is 12.4 Å². The van der Waals surface area contributed by atoms with Crippen LogP contribution in [-0.4, -0.2) is 42.9 Å². The summed E-state index contributed by atoms with van der Waals surface area (Å²) in [5.74, 6) is 2.10. The number of piperidine rings is 1. The molecular weight excluding hydrogens is 314 g/mol. The van der Waals surface area contributed by atoms with E-state index in [-0.39, 0.29) is 0 Å². The van der Waals surface area contributed by atoms with E-state index in [1.165, 1.54) is 11.3 Å². The molecule has 2 N–H and O–H groups in total. The van der Waals surface area contributed by atoms with Crippen molar-refractivity contribution in [2.45, 2.75) is 25.3 Å². The summed E-state index contributed by atoms with van der Waals surface area (Å²) in [5.41, 5.74) is 2.51. The molecule has 0 radical (unpaired) electrons. The van der Waals surface area contributed by atoms with Crippen LogP contribution in [-0.2, 0) is 6.54 Å². The number of anilines is 2. The Balaban J connectivity index is 1.37. The minimum Gasteiger partial charge on any atom is -0.347 e. The van der Waals surface area contributed by atoms with Gasteiger partial charge in [-0.1, -0.05) is 0 Å². The Labute approximate surface area is 146 Å². The Hall–Kier alpha value is -2.80. The first-order chi connectivity index (χ1) is 12.4. The molecule has 7 nitrogen and oxygen atoms in total. The van der Waals surface area contributed by atoms with Gasteiger partial charge in [0.15, 0.2) is 0 Å². The summed E-state index contributed by atoms with van der Waals surface area (Å²) in [5, 5.41) is 3.22. The van der Waals surface area contributed by atoms with Crippen molar-refractivity contribution in [1.29, 1.82) is 0 Å². The SMILES string of the molecule is c1cnc(Nc2cc(C3CCN(Cc4cnc[nH]4)CC3)ccn2)cn1. The molecule has 25 heavy (non-hydrogen) atoms. The van der Waals surface area contributed by atoms with Gasteiger partial charge in [0, 0.05) is 37.0 Å². The maximum atomic E-state index is 4.39. The number of aromatic amines is 1. The topological polar surface area (TPSA) is 82.6 Å². The number of nitrogens with zero attached hydrogens (tertiary/aromatic N) is 5. The van der Waals surface area contributed by atoms with Crippen LogP contribution in [0.1, 0.15) is 30.0 Å². The molecule has 0 unspecified atom stereocenters. The summed E-state index contributed by atoms with van der Waals surface area (Å²) >= 11 is 0. The molecule has 3 aromatic heterocycles. The molecule has 1 aliphatic heterocycles. The van der Waals surface area contributed by atoms with Crippen molar-refractivity contribution in [2.75, 3.05) is 18.4 Å². The van der Waals surface area contributed by atoms with Gasteiger partial charge in [0.05, 0.1) is 12.5 Å². The fourth-order valence-corrected chi connectivity index (χ4v) is 3.30. The van der Waals surface area contributed by atoms with Crippen LogP contribution in [0.15, 0.2) is 49.4 Å². The summed E-state index contributed by atoms with van der Waals surface area (Å²) < 4.78 is 0. The molecule has 1 fully saturated rings. The van der Waals surface area contributed by atoms with Crippen molar-refractivity contribution in [3.05, 3.63) is 60.7 Å². The Kier molecular flexibility index (Phi) is 4.65. The number of likely N-dealkylation sites (tertiary alicyclic amines) is 1. The summed E-state index contributed by atoms with van der Waals surface area (Å²) in [6.45, 7) is 3.14. The van der Waals surface area contributed by atoms with Gasteiger partial charge in [-0.15, -0.1) is 0 Å². The molecular formula is C18H21N7. The number of hydrogen-bond donors (Lipinski definition) is 2. The van der Waals surface area contributed by atoms with E-state index < -0.39 is 0 Å². The van der Waals surface area contributed by atoms with Crippen molar-refractivity contribution >= 4 is 11.6 Å². The van der Waals surface area contributed by atoms with Crippen molar-refractivity contribution < 1.29 is 0 Å². The largest absolute Gasteiger partial charge is 0.347 e. The van der Waals surface area contributed by atoms with Crippen LogP contribution in [0.25, 0.3) is 0 Å². The lowest BCUT2D eigenvalue weighted by Crippen LogP contribution is -2.32. The van der Waals surface area contributed by atoms with E-state index in [2.05, 4.69) is 47.3 Å². The number of pyridine rings is 1. The van der Waals surface area contributed by atoms with E-state index in [0.29, 0.717) is 11.7 Å². The average molecular weight is 335 g/mol. The lowest BCUT2D eigenvalue weighted by molar-refractivity contribution is 0.203. The molecule has 0 saturated carbocycles. The summed E-state index contributed by atoms with van der Waals surface area (Å²) in [6.07, 6.45) is 12.8. The molecule has 1 aliphatic rings. The average Bonchev–Trinajstić information content (AvgIpc) is 3.16. The second kappa shape index (κ2) is 7.40. The molecule has 0 aliphatic carbocycles. The van der Waals surface area contributed by atoms with Crippen molar-refractivity contribution in [3.8, 4) is 0 Å². The minimum absolute atomic E-state index is 0.573. The van der Waals surface area contributed by atoms with E-state index in [4.69, 9.17) is 0 Å². The molecule has 3 aromatic rings. The van der Waals surface area contributed by atoms with Crippen LogP contribution in [0.3, 0.4) is 0 Å². The van der Waals surface area contributed by atoms with Gasteiger partial charge in [0.25, 0.3) is 0 Å². The van der Waals surface area contributed by atoms with Crippen LogP contribution >= 0.6 is 0 Å². The molecule has 0 atom stereocenters. The number of hydrogen-bond acceptors (Lipinski definition) is 6. The molecule has 0 amide bonds. The van der Waals surface area contributed by atoms with Crippen LogP contribution in [0.2, 0.25) is 0 Å². The lowest BCUT2D eigenvalue weighted by Gasteiger charge is -2.31. The predicted octanol–water partition coefficient (Wildman–Crippen LogP) is 2.72. The zero-order chi connectivity index (χ0) is 16.9. The first-order valence-corrected chi connectivity index (χ1v) is 8.55. The van der Waals surface area contributed by atoms with E-state index in [9.17, 15) is 0 Å². The quantitative estimate of drug-likeness (QED) is 0.746. The van der Waals surface area contributed by atoms with Crippen LogP contribution in [0.5, 0.6) is 0 Å². The summed E-state index contributed by atoms with van der Waals surface area (Å²) in [4.78, 5) is 22.4. The van der Waals surface area contributed by atoms with Crippen LogP contribution in [0.4, 0.5) is 11.6 Å². The Bertz CT molecular complexity index is 780. The van der Waals surface area contributed by atoms with Crippen molar-refractivity contribution in [1.82, 2.24) is 29.8 Å². The molecule has 7 heteroatoms. The maximum absolute atomic E-state index is 4.39. The highest BCUT2D eigenvalue weighted by atomic mass is 15.1. The summed E-state index contributed by atoms with van der Waals surface area (Å²) in [6, 6.07) is 4.25. The normalized spacial score (nSPS) is 16.0. The van der Waals surface area contributed by atoms with Gasteiger partial charge in [-0.3, -0.25) is 9.88 Å². The van der Waals surface area contributed by atoms with Crippen molar-refractivity contribution in [3.63, 3.8) is 0 Å². The first kappa shape index (κ1) is 15.7. The van der Waals surface area contributed by atoms with E-state index in [1.54, 1.807) is 24.9 Å². The van der Waals surface area contributed by atoms with Gasteiger partial charge < -0.3 is 10.3 Å². The Morgan fingerprint density at radius 2 is 1.92 bits per heavy atom. The number of aromatic nitrogens is 5. The fraction of sp³-hybridized carbons (Fsp3) is 0.333. The summed E-state index contributed by atoms with van der Waals surface area (Å²) in [7, 11) is 0. The molecule has 0 bridgehead atoms. The standard InChI is InChI=1S/C18H21N7/c1-4-21-17(24-18-11-19-5-6-22-18)9-15(1)14-2-7-25(8-3-14)12-16-10-20-13-23-16/h1,4-6,9-11,13-14H,2-3,7-8,12H2,(H,20,23)(H,21,22,24). The van der Waals surface area contributed by atoms with Crippen molar-refractivity contribution in [2.24, 2.45) is 0 Å². The molecule has 0 spiro atoms. The third-order valence-corrected chi connectivity index (χ3v) is 4.61. The maximum Gasteiger partial charge on any atom is 0.150 e. The Morgan fingerprint density at radius 1 is 1.04 bits per heavy atom. The molecule has 0 aromatic carbocycles. The zero-order valence-electron chi connectivity index (χ0n) is 14.0. The molecule has 128 valence electrons. The number of nitrogens with one attached hydrogen (secondary N) is 2. The first-order valence-electron chi connectivity index (χ1n) is 8.55. The number of imidazole rings is 1. The highest BCUT2D eigenvalue weighted by Crippen LogP contribution is 2.29. The smallest absolute Gasteiger partial charge is 0.150 e. The second-order valence-electron chi connectivity index (χ2n) is 6.32. The van der Waals surface area contributed by atoms with Gasteiger partial charge in [-0.2, -0.15) is 0 Å². The van der Waals surface area contributed by atoms with Gasteiger partial charge >= 0.3 is 0 Å². The second-order valence-corrected chi connectivity index (χ2v) is 6.32. The molecule has 4 rings (SSSR count). The van der Waals surface area contributed by atoms with E-state index >= 15 is 0 Å². The lowest BCUT2D eigenvalue weighted by atomic mass is 9.90. The van der Waals surface area contributed by atoms with Gasteiger partial charge in [-0.05, 0) is 49.5 Å². The number of rotatable bonds is 5. The number of H-pyrrole nitrogens is 1.